The van der Waals surface area contributed by atoms with Gasteiger partial charge in [0.1, 0.15) is 5.82 Å². The van der Waals surface area contributed by atoms with Crippen molar-refractivity contribution in [2.45, 2.75) is 45.6 Å². The summed E-state index contributed by atoms with van der Waals surface area (Å²) in [5.41, 5.74) is 1.84. The molecule has 144 valence electrons. The van der Waals surface area contributed by atoms with Gasteiger partial charge in [0, 0.05) is 25.1 Å². The number of hydrogen-bond donors (Lipinski definition) is 2. The van der Waals surface area contributed by atoms with Gasteiger partial charge in [-0.25, -0.2) is 4.39 Å². The number of nitrogens with zero attached hydrogens (tertiary/aromatic N) is 2. The lowest BCUT2D eigenvalue weighted by atomic mass is 9.84. The van der Waals surface area contributed by atoms with Crippen LogP contribution in [-0.2, 0) is 12.0 Å². The predicted molar refractivity (Wildman–Crippen MR) is 114 cm³/mol. The van der Waals surface area contributed by atoms with Crippen LogP contribution in [0.1, 0.15) is 50.6 Å². The van der Waals surface area contributed by atoms with Crippen molar-refractivity contribution in [3.05, 3.63) is 53.2 Å². The van der Waals surface area contributed by atoms with Gasteiger partial charge < -0.3 is 15.2 Å². The molecule has 0 aliphatic rings. The Morgan fingerprint density at radius 1 is 1.23 bits per heavy atom. The monoisotopic (exact) mass is 474 g/mol. The topological polar surface area (TPSA) is 62.5 Å². The summed E-state index contributed by atoms with van der Waals surface area (Å²) in [6.45, 7) is 9.53. The molecule has 0 amide bonds. The van der Waals surface area contributed by atoms with E-state index >= 15 is 0 Å². The molecule has 1 aromatic heterocycles. The second-order valence-electron chi connectivity index (χ2n) is 7.04. The molecule has 0 fully saturated rings. The van der Waals surface area contributed by atoms with Gasteiger partial charge in [-0.3, -0.25) is 4.99 Å². The van der Waals surface area contributed by atoms with Crippen LogP contribution in [0.5, 0.6) is 0 Å². The molecule has 2 rings (SSSR count). The first kappa shape index (κ1) is 22.4. The van der Waals surface area contributed by atoms with Crippen LogP contribution in [0.3, 0.4) is 0 Å². The molecule has 1 heterocycles. The second-order valence-corrected chi connectivity index (χ2v) is 7.04. The van der Waals surface area contributed by atoms with E-state index in [0.29, 0.717) is 25.0 Å². The Hall–Kier alpha value is -1.64. The summed E-state index contributed by atoms with van der Waals surface area (Å²) in [5, 5.41) is 10.6. The molecular formula is C19H28FIN4O. The Labute approximate surface area is 171 Å². The first-order chi connectivity index (χ1) is 11.8. The lowest BCUT2D eigenvalue weighted by Crippen LogP contribution is -2.43. The van der Waals surface area contributed by atoms with Gasteiger partial charge in [-0.2, -0.15) is 0 Å². The van der Waals surface area contributed by atoms with E-state index in [2.05, 4.69) is 48.5 Å². The highest BCUT2D eigenvalue weighted by atomic mass is 127. The number of nitrogens with one attached hydrogen (secondary N) is 2. The van der Waals surface area contributed by atoms with Gasteiger partial charge >= 0.3 is 0 Å². The third-order valence-corrected chi connectivity index (χ3v) is 4.15. The Morgan fingerprint density at radius 2 is 1.88 bits per heavy atom. The van der Waals surface area contributed by atoms with Crippen molar-refractivity contribution < 1.29 is 8.91 Å². The summed E-state index contributed by atoms with van der Waals surface area (Å²) < 4.78 is 18.4. The van der Waals surface area contributed by atoms with Crippen molar-refractivity contribution in [3.63, 3.8) is 0 Å². The maximum absolute atomic E-state index is 13.1. The van der Waals surface area contributed by atoms with Crippen molar-refractivity contribution in [3.8, 4) is 0 Å². The van der Waals surface area contributed by atoms with E-state index in [0.717, 1.165) is 17.0 Å². The predicted octanol–water partition coefficient (Wildman–Crippen LogP) is 4.20. The number of aromatic nitrogens is 1. The number of rotatable bonds is 6. The number of aliphatic imine (C=N–C) groups is 1. The van der Waals surface area contributed by atoms with Crippen molar-refractivity contribution in [1.82, 2.24) is 15.8 Å². The van der Waals surface area contributed by atoms with Gasteiger partial charge in [-0.1, -0.05) is 45.0 Å². The van der Waals surface area contributed by atoms with Crippen LogP contribution < -0.4 is 10.6 Å². The third kappa shape index (κ3) is 6.26. The van der Waals surface area contributed by atoms with Crippen molar-refractivity contribution >= 4 is 29.9 Å². The number of halogens is 2. The van der Waals surface area contributed by atoms with E-state index in [1.807, 2.05) is 18.2 Å². The summed E-state index contributed by atoms with van der Waals surface area (Å²) in [6.07, 6.45) is 0. The zero-order valence-electron chi connectivity index (χ0n) is 16.0. The van der Waals surface area contributed by atoms with Crippen molar-refractivity contribution in [2.24, 2.45) is 4.99 Å². The molecule has 2 aromatic rings. The van der Waals surface area contributed by atoms with Crippen LogP contribution in [0.4, 0.5) is 4.39 Å². The average Bonchev–Trinajstić information content (AvgIpc) is 3.04. The normalized spacial score (nSPS) is 12.0. The summed E-state index contributed by atoms with van der Waals surface area (Å²) in [4.78, 5) is 4.23. The fourth-order valence-electron chi connectivity index (χ4n) is 2.38. The summed E-state index contributed by atoms with van der Waals surface area (Å²) in [6, 6.07) is 8.55. The molecule has 0 saturated carbocycles. The van der Waals surface area contributed by atoms with Crippen LogP contribution >= 0.6 is 24.0 Å². The Balaban J connectivity index is 0.00000338. The molecule has 0 aliphatic heterocycles. The molecule has 0 spiro atoms. The minimum absolute atomic E-state index is 0. The van der Waals surface area contributed by atoms with Gasteiger partial charge in [0.15, 0.2) is 11.7 Å². The largest absolute Gasteiger partial charge is 0.359 e. The van der Waals surface area contributed by atoms with E-state index in [-0.39, 0.29) is 35.2 Å². The maximum Gasteiger partial charge on any atom is 0.191 e. The highest BCUT2D eigenvalue weighted by Crippen LogP contribution is 2.22. The standard InChI is InChI=1S/C19H27FN4O.HI/c1-13(2)17-10-16(25-24-17)11-22-18(21-5)23-12-19(3,4)14-6-8-15(20)9-7-14;/h6-10,13H,11-12H2,1-5H3,(H2,21,22,23);1H. The molecule has 7 heteroatoms. The Morgan fingerprint density at radius 3 is 2.42 bits per heavy atom. The van der Waals surface area contributed by atoms with Crippen LogP contribution in [0.25, 0.3) is 0 Å². The van der Waals surface area contributed by atoms with Gasteiger partial charge in [0.25, 0.3) is 0 Å². The molecule has 2 N–H and O–H groups in total. The summed E-state index contributed by atoms with van der Waals surface area (Å²) in [7, 11) is 1.72. The SMILES string of the molecule is CN=C(NCc1cc(C(C)C)no1)NCC(C)(C)c1ccc(F)cc1.I. The van der Waals surface area contributed by atoms with E-state index in [9.17, 15) is 4.39 Å². The van der Waals surface area contributed by atoms with Gasteiger partial charge in [0.05, 0.1) is 12.2 Å². The number of hydrogen-bond acceptors (Lipinski definition) is 3. The Kier molecular flexibility index (Phi) is 8.52. The zero-order chi connectivity index (χ0) is 18.4. The lowest BCUT2D eigenvalue weighted by Gasteiger charge is -2.26. The lowest BCUT2D eigenvalue weighted by molar-refractivity contribution is 0.371. The fourth-order valence-corrected chi connectivity index (χ4v) is 2.38. The molecule has 0 radical (unpaired) electrons. The number of benzene rings is 1. The first-order valence-electron chi connectivity index (χ1n) is 8.48. The second kappa shape index (κ2) is 9.89. The molecule has 0 saturated heterocycles. The molecule has 26 heavy (non-hydrogen) atoms. The number of guanidine groups is 1. The highest BCUT2D eigenvalue weighted by molar-refractivity contribution is 14.0. The maximum atomic E-state index is 13.1. The van der Waals surface area contributed by atoms with Crippen molar-refractivity contribution in [2.75, 3.05) is 13.6 Å². The highest BCUT2D eigenvalue weighted by Gasteiger charge is 2.21. The zero-order valence-corrected chi connectivity index (χ0v) is 18.3. The molecule has 0 bridgehead atoms. The Bertz CT molecular complexity index is 711. The minimum Gasteiger partial charge on any atom is -0.359 e. The van der Waals surface area contributed by atoms with Crippen LogP contribution in [0.2, 0.25) is 0 Å². The van der Waals surface area contributed by atoms with Crippen LogP contribution in [0, 0.1) is 5.82 Å². The molecular weight excluding hydrogens is 446 g/mol. The fraction of sp³-hybridized carbons (Fsp3) is 0.474. The van der Waals surface area contributed by atoms with Crippen LogP contribution in [-0.4, -0.2) is 24.7 Å². The van der Waals surface area contributed by atoms with Crippen LogP contribution in [0.15, 0.2) is 39.8 Å². The van der Waals surface area contributed by atoms with E-state index in [1.54, 1.807) is 7.05 Å². The molecule has 5 nitrogen and oxygen atoms in total. The van der Waals surface area contributed by atoms with E-state index in [4.69, 9.17) is 4.52 Å². The van der Waals surface area contributed by atoms with Gasteiger partial charge in [-0.05, 0) is 23.6 Å². The average molecular weight is 474 g/mol. The smallest absolute Gasteiger partial charge is 0.191 e. The van der Waals surface area contributed by atoms with E-state index < -0.39 is 0 Å². The molecule has 0 unspecified atom stereocenters. The molecule has 0 aliphatic carbocycles. The molecule has 0 atom stereocenters. The quantitative estimate of drug-likeness (QED) is 0.375. The first-order valence-corrected chi connectivity index (χ1v) is 8.48. The van der Waals surface area contributed by atoms with Crippen molar-refractivity contribution in [1.29, 1.82) is 0 Å². The summed E-state index contributed by atoms with van der Waals surface area (Å²) >= 11 is 0. The minimum atomic E-state index is -0.224. The van der Waals surface area contributed by atoms with Gasteiger partial charge in [-0.15, -0.1) is 24.0 Å². The van der Waals surface area contributed by atoms with Gasteiger partial charge in [0.2, 0.25) is 0 Å². The third-order valence-electron chi connectivity index (χ3n) is 4.15. The molecule has 1 aromatic carbocycles. The summed E-state index contributed by atoms with van der Waals surface area (Å²) in [5.74, 6) is 1.56. The van der Waals surface area contributed by atoms with E-state index in [1.165, 1.54) is 12.1 Å².